The number of ether oxygens (including phenoxy) is 1. The lowest BCUT2D eigenvalue weighted by atomic mass is 10.2. The number of aromatic amines is 1. The number of amides is 1. The zero-order valence-corrected chi connectivity index (χ0v) is 23.9. The molecule has 1 aliphatic carbocycles. The highest BCUT2D eigenvalue weighted by Crippen LogP contribution is 2.34. The van der Waals surface area contributed by atoms with Gasteiger partial charge < -0.3 is 19.5 Å². The van der Waals surface area contributed by atoms with E-state index in [2.05, 4.69) is 30.7 Å². The van der Waals surface area contributed by atoms with E-state index < -0.39 is 5.60 Å². The van der Waals surface area contributed by atoms with E-state index in [-0.39, 0.29) is 17.7 Å². The summed E-state index contributed by atoms with van der Waals surface area (Å²) in [6.07, 6.45) is 5.83. The molecule has 0 spiro atoms. The van der Waals surface area contributed by atoms with Gasteiger partial charge in [-0.3, -0.25) is 9.69 Å². The number of anilines is 3. The van der Waals surface area contributed by atoms with Crippen LogP contribution in [0.25, 0.3) is 11.0 Å². The molecule has 202 valence electrons. The van der Waals surface area contributed by atoms with E-state index in [4.69, 9.17) is 19.7 Å². The number of aromatic nitrogens is 4. The number of piperazine rings is 1. The van der Waals surface area contributed by atoms with Crippen LogP contribution in [0.3, 0.4) is 0 Å². The van der Waals surface area contributed by atoms with Crippen LogP contribution in [0.2, 0.25) is 0 Å². The van der Waals surface area contributed by atoms with Crippen LogP contribution in [0.5, 0.6) is 0 Å². The first-order valence-electron chi connectivity index (χ1n) is 13.1. The van der Waals surface area contributed by atoms with Gasteiger partial charge in [-0.05, 0) is 74.2 Å². The van der Waals surface area contributed by atoms with Gasteiger partial charge in [0.15, 0.2) is 0 Å². The molecule has 2 aliphatic rings. The van der Waals surface area contributed by atoms with Crippen LogP contribution >= 0.6 is 15.9 Å². The van der Waals surface area contributed by atoms with E-state index >= 15 is 0 Å². The van der Waals surface area contributed by atoms with Gasteiger partial charge in [-0.2, -0.15) is 4.98 Å². The van der Waals surface area contributed by atoms with Gasteiger partial charge in [-0.1, -0.05) is 18.9 Å². The molecule has 2 fully saturated rings. The van der Waals surface area contributed by atoms with Crippen molar-refractivity contribution >= 4 is 50.6 Å². The van der Waals surface area contributed by atoms with E-state index in [1.807, 2.05) is 45.9 Å². The number of carbonyl (C=O) groups excluding carboxylic acids is 1. The van der Waals surface area contributed by atoms with Crippen molar-refractivity contribution in [2.45, 2.75) is 65.0 Å². The van der Waals surface area contributed by atoms with Gasteiger partial charge in [0, 0.05) is 43.8 Å². The third-order valence-corrected chi connectivity index (χ3v) is 8.02. The lowest BCUT2D eigenvalue weighted by molar-refractivity contribution is 0.0240. The number of rotatable bonds is 4. The van der Waals surface area contributed by atoms with Crippen LogP contribution < -0.4 is 15.4 Å². The van der Waals surface area contributed by atoms with E-state index in [9.17, 15) is 9.59 Å². The number of fused-ring (bicyclic) bond motifs is 1. The third kappa shape index (κ3) is 5.48. The van der Waals surface area contributed by atoms with Gasteiger partial charge in [-0.25, -0.2) is 14.8 Å². The lowest BCUT2D eigenvalue weighted by Gasteiger charge is -2.36. The first kappa shape index (κ1) is 26.4. The van der Waals surface area contributed by atoms with Crippen molar-refractivity contribution in [1.29, 1.82) is 0 Å². The second-order valence-corrected chi connectivity index (χ2v) is 11.7. The average Bonchev–Trinajstić information content (AvgIpc) is 3.41. The predicted octanol–water partition coefficient (Wildman–Crippen LogP) is 4.92. The summed E-state index contributed by atoms with van der Waals surface area (Å²) < 4.78 is 6.03. The summed E-state index contributed by atoms with van der Waals surface area (Å²) in [5.74, 6) is 2.16. The van der Waals surface area contributed by atoms with Gasteiger partial charge in [0.25, 0.3) is 5.56 Å². The monoisotopic (exact) mass is 583 g/mol. The average molecular weight is 585 g/mol. The summed E-state index contributed by atoms with van der Waals surface area (Å²) in [6, 6.07) is 6.22. The topological polar surface area (TPSA) is 108 Å². The number of halogens is 1. The Morgan fingerprint density at radius 1 is 1.13 bits per heavy atom. The van der Waals surface area contributed by atoms with Gasteiger partial charge in [0.1, 0.15) is 22.9 Å². The molecule has 0 aromatic carbocycles. The maximum absolute atomic E-state index is 12.5. The van der Waals surface area contributed by atoms with Crippen LogP contribution in [0.1, 0.15) is 52.0 Å². The number of H-pyrrole nitrogens is 1. The van der Waals surface area contributed by atoms with Crippen molar-refractivity contribution in [3.8, 4) is 0 Å². The fourth-order valence-electron chi connectivity index (χ4n) is 5.09. The Kier molecular flexibility index (Phi) is 7.30. The lowest BCUT2D eigenvalue weighted by Crippen LogP contribution is -2.50. The Bertz CT molecular complexity index is 1390. The zero-order valence-electron chi connectivity index (χ0n) is 22.3. The Hall–Kier alpha value is -3.21. The van der Waals surface area contributed by atoms with Gasteiger partial charge in [0.05, 0.1) is 4.47 Å². The Balaban J connectivity index is 1.42. The fourth-order valence-corrected chi connectivity index (χ4v) is 5.40. The predicted molar refractivity (Wildman–Crippen MR) is 151 cm³/mol. The number of aryl methyl sites for hydroxylation is 1. The van der Waals surface area contributed by atoms with Gasteiger partial charge >= 0.3 is 6.09 Å². The number of nitrogens with zero attached hydrogens (tertiary/aromatic N) is 6. The summed E-state index contributed by atoms with van der Waals surface area (Å²) in [7, 11) is 0. The Labute approximate surface area is 230 Å². The van der Waals surface area contributed by atoms with Crippen LogP contribution in [0, 0.1) is 6.92 Å². The molecule has 0 bridgehead atoms. The minimum Gasteiger partial charge on any atom is -0.444 e. The van der Waals surface area contributed by atoms with E-state index in [1.165, 1.54) is 0 Å². The minimum absolute atomic E-state index is 0.210. The number of carbonyl (C=O) groups is 1. The molecular formula is C27H34BrN7O3. The highest BCUT2D eigenvalue weighted by atomic mass is 79.9. The molecule has 10 nitrogen and oxygen atoms in total. The molecule has 4 heterocycles. The number of hydrogen-bond acceptors (Lipinski definition) is 8. The van der Waals surface area contributed by atoms with Crippen LogP contribution in [-0.4, -0.2) is 68.8 Å². The SMILES string of the molecule is Cc1c(Br)c(=O)[nH]c2nc(N(c3cccc(N4CCN(C(=O)OC(C)(C)C)CC4)n3)C3CCCC3)ncc12. The molecule has 0 radical (unpaired) electrons. The quantitative estimate of drug-likeness (QED) is 0.461. The molecule has 3 aromatic rings. The highest BCUT2D eigenvalue weighted by Gasteiger charge is 2.30. The number of pyridine rings is 2. The molecule has 1 N–H and O–H groups in total. The summed E-state index contributed by atoms with van der Waals surface area (Å²) >= 11 is 3.36. The molecule has 1 amide bonds. The van der Waals surface area contributed by atoms with Crippen LogP contribution in [0.4, 0.5) is 22.4 Å². The molecule has 1 saturated carbocycles. The van der Waals surface area contributed by atoms with Crippen molar-refractivity contribution in [2.24, 2.45) is 0 Å². The largest absolute Gasteiger partial charge is 0.444 e. The van der Waals surface area contributed by atoms with Gasteiger partial charge in [-0.15, -0.1) is 0 Å². The first-order chi connectivity index (χ1) is 18.1. The van der Waals surface area contributed by atoms with Crippen molar-refractivity contribution in [3.05, 3.63) is 44.8 Å². The molecule has 11 heteroatoms. The van der Waals surface area contributed by atoms with E-state index in [0.717, 1.165) is 48.3 Å². The molecule has 38 heavy (non-hydrogen) atoms. The molecule has 0 atom stereocenters. The standard InChI is InChI=1S/C27H34BrN7O3/c1-17-19-16-29-25(32-23(19)31-24(36)22(17)28)35(18-8-5-6-9-18)21-11-7-10-20(30-21)33-12-14-34(15-13-33)26(37)38-27(2,3)4/h7,10-11,16,18H,5-6,8-9,12-15H2,1-4H3,(H,29,31,32,36). The van der Waals surface area contributed by atoms with E-state index in [0.29, 0.717) is 42.2 Å². The number of hydrogen-bond donors (Lipinski definition) is 1. The highest BCUT2D eigenvalue weighted by molar-refractivity contribution is 9.10. The summed E-state index contributed by atoms with van der Waals surface area (Å²) in [6.45, 7) is 10.00. The Morgan fingerprint density at radius 3 is 2.53 bits per heavy atom. The van der Waals surface area contributed by atoms with Crippen molar-refractivity contribution < 1.29 is 9.53 Å². The summed E-state index contributed by atoms with van der Waals surface area (Å²) in [5.41, 5.74) is 0.602. The van der Waals surface area contributed by atoms with Crippen molar-refractivity contribution in [2.75, 3.05) is 36.0 Å². The molecule has 5 rings (SSSR count). The molecule has 3 aromatic heterocycles. The van der Waals surface area contributed by atoms with E-state index in [1.54, 1.807) is 11.1 Å². The Morgan fingerprint density at radius 2 is 1.84 bits per heavy atom. The first-order valence-corrected chi connectivity index (χ1v) is 13.9. The normalized spacial score (nSPS) is 16.8. The summed E-state index contributed by atoms with van der Waals surface area (Å²) in [5, 5.41) is 0.802. The van der Waals surface area contributed by atoms with Crippen molar-refractivity contribution in [1.82, 2.24) is 24.8 Å². The maximum Gasteiger partial charge on any atom is 0.410 e. The molecule has 0 unspecified atom stereocenters. The second-order valence-electron chi connectivity index (χ2n) is 10.9. The van der Waals surface area contributed by atoms with Gasteiger partial charge in [0.2, 0.25) is 5.95 Å². The second kappa shape index (κ2) is 10.5. The minimum atomic E-state index is -0.513. The van der Waals surface area contributed by atoms with Crippen LogP contribution in [0.15, 0.2) is 33.7 Å². The zero-order chi connectivity index (χ0) is 27.0. The molecular weight excluding hydrogens is 550 g/mol. The third-order valence-electron chi connectivity index (χ3n) is 7.07. The molecule has 1 saturated heterocycles. The van der Waals surface area contributed by atoms with Crippen LogP contribution in [-0.2, 0) is 4.74 Å². The fraction of sp³-hybridized carbons (Fsp3) is 0.519. The van der Waals surface area contributed by atoms with Crippen molar-refractivity contribution in [3.63, 3.8) is 0 Å². The maximum atomic E-state index is 12.5. The summed E-state index contributed by atoms with van der Waals surface area (Å²) in [4.78, 5) is 48.3. The smallest absolute Gasteiger partial charge is 0.410 e. The number of nitrogens with one attached hydrogen (secondary N) is 1. The molecule has 1 aliphatic heterocycles.